The molecular formula is C14H11ClN2O4. The fraction of sp³-hybridized carbons (Fsp3) is 0.0714. The quantitative estimate of drug-likeness (QED) is 0.902. The van der Waals surface area contributed by atoms with Crippen LogP contribution in [0, 0.1) is 0 Å². The average molecular weight is 307 g/mol. The smallest absolute Gasteiger partial charge is 0.335 e. The molecule has 1 amide bonds. The number of aromatic nitrogens is 1. The number of amides is 1. The molecular weight excluding hydrogens is 296 g/mol. The topological polar surface area (TPSA) is 88.4 Å². The summed E-state index contributed by atoms with van der Waals surface area (Å²) in [4.78, 5) is 34.1. The first kappa shape index (κ1) is 14.8. The molecule has 0 radical (unpaired) electrons. The van der Waals surface area contributed by atoms with E-state index in [1.54, 1.807) is 0 Å². The highest BCUT2D eigenvalue weighted by Gasteiger charge is 2.07. The molecule has 6 nitrogen and oxygen atoms in total. The van der Waals surface area contributed by atoms with Crippen LogP contribution < -0.4 is 10.9 Å². The highest BCUT2D eigenvalue weighted by Crippen LogP contribution is 2.10. The van der Waals surface area contributed by atoms with E-state index in [-0.39, 0.29) is 17.7 Å². The molecule has 1 heterocycles. The second-order valence-electron chi connectivity index (χ2n) is 4.24. The summed E-state index contributed by atoms with van der Waals surface area (Å²) in [5, 5.41) is 11.7. The van der Waals surface area contributed by atoms with Crippen LogP contribution in [-0.2, 0) is 11.3 Å². The molecule has 7 heteroatoms. The number of carbonyl (C=O) groups is 2. The minimum Gasteiger partial charge on any atom is -0.478 e. The molecule has 0 aliphatic carbocycles. The Labute approximate surface area is 124 Å². The van der Waals surface area contributed by atoms with Gasteiger partial charge in [0, 0.05) is 18.0 Å². The number of carboxylic acid groups (broad SMARTS) is 1. The molecule has 2 aromatic rings. The lowest BCUT2D eigenvalue weighted by Gasteiger charge is -2.07. The summed E-state index contributed by atoms with van der Waals surface area (Å²) in [6, 6.07) is 8.43. The predicted molar refractivity (Wildman–Crippen MR) is 77.7 cm³/mol. The first-order valence-electron chi connectivity index (χ1n) is 5.95. The highest BCUT2D eigenvalue weighted by atomic mass is 35.5. The van der Waals surface area contributed by atoms with Gasteiger partial charge in [-0.15, -0.1) is 0 Å². The van der Waals surface area contributed by atoms with Crippen LogP contribution in [0.2, 0.25) is 5.02 Å². The lowest BCUT2D eigenvalue weighted by molar-refractivity contribution is -0.116. The van der Waals surface area contributed by atoms with Gasteiger partial charge in [0.25, 0.3) is 5.56 Å². The second kappa shape index (κ2) is 6.23. The van der Waals surface area contributed by atoms with E-state index < -0.39 is 11.9 Å². The number of rotatable bonds is 4. The predicted octanol–water partition coefficient (Wildman–Crippen LogP) is 1.84. The maximum atomic E-state index is 11.8. The number of halogens is 1. The molecule has 0 spiro atoms. The van der Waals surface area contributed by atoms with Crippen LogP contribution in [0.5, 0.6) is 0 Å². The molecule has 2 rings (SSSR count). The number of benzene rings is 1. The Bertz CT molecular complexity index is 737. The number of nitrogens with one attached hydrogen (secondary N) is 1. The van der Waals surface area contributed by atoms with Crippen molar-refractivity contribution in [2.45, 2.75) is 6.54 Å². The summed E-state index contributed by atoms with van der Waals surface area (Å²) in [6.45, 7) is -0.180. The first-order valence-corrected chi connectivity index (χ1v) is 6.33. The Morgan fingerprint density at radius 1 is 1.14 bits per heavy atom. The number of nitrogens with zero attached hydrogens (tertiary/aromatic N) is 1. The van der Waals surface area contributed by atoms with Crippen molar-refractivity contribution < 1.29 is 14.7 Å². The number of hydrogen-bond acceptors (Lipinski definition) is 3. The molecule has 1 aromatic heterocycles. The Balaban J connectivity index is 2.06. The third-order valence-electron chi connectivity index (χ3n) is 2.68. The van der Waals surface area contributed by atoms with Gasteiger partial charge in [-0.05, 0) is 30.3 Å². The van der Waals surface area contributed by atoms with Gasteiger partial charge in [-0.2, -0.15) is 0 Å². The van der Waals surface area contributed by atoms with Crippen molar-refractivity contribution in [1.29, 1.82) is 0 Å². The summed E-state index contributed by atoms with van der Waals surface area (Å²) in [5.41, 5.74) is 0.231. The van der Waals surface area contributed by atoms with Gasteiger partial charge in [0.15, 0.2) is 0 Å². The van der Waals surface area contributed by atoms with E-state index in [0.29, 0.717) is 10.7 Å². The van der Waals surface area contributed by atoms with Crippen LogP contribution in [0.1, 0.15) is 10.4 Å². The molecule has 0 aliphatic rings. The number of aromatic carboxylic acids is 1. The van der Waals surface area contributed by atoms with E-state index in [1.165, 1.54) is 47.2 Å². The van der Waals surface area contributed by atoms with E-state index in [0.717, 1.165) is 0 Å². The molecule has 0 aliphatic heterocycles. The summed E-state index contributed by atoms with van der Waals surface area (Å²) in [7, 11) is 0. The zero-order valence-electron chi connectivity index (χ0n) is 10.7. The fourth-order valence-electron chi connectivity index (χ4n) is 1.68. The van der Waals surface area contributed by atoms with Crippen LogP contribution in [0.4, 0.5) is 5.69 Å². The fourth-order valence-corrected chi connectivity index (χ4v) is 1.86. The minimum atomic E-state index is -1.04. The van der Waals surface area contributed by atoms with Gasteiger partial charge >= 0.3 is 5.97 Å². The van der Waals surface area contributed by atoms with Crippen molar-refractivity contribution in [1.82, 2.24) is 4.57 Å². The molecule has 0 saturated heterocycles. The second-order valence-corrected chi connectivity index (χ2v) is 4.68. The number of carbonyl (C=O) groups excluding carboxylic acids is 1. The molecule has 0 atom stereocenters. The standard InChI is InChI=1S/C14H11ClN2O4/c15-10-3-6-13(19)17(7-10)8-12(18)16-11-4-1-9(2-5-11)14(20)21/h1-7H,8H2,(H,16,18)(H,20,21). The molecule has 0 bridgehead atoms. The molecule has 0 fully saturated rings. The van der Waals surface area contributed by atoms with Crippen molar-refractivity contribution in [2.75, 3.05) is 5.32 Å². The third-order valence-corrected chi connectivity index (χ3v) is 2.90. The maximum Gasteiger partial charge on any atom is 0.335 e. The van der Waals surface area contributed by atoms with Crippen LogP contribution in [0.3, 0.4) is 0 Å². The van der Waals surface area contributed by atoms with Crippen molar-refractivity contribution in [3.8, 4) is 0 Å². The Hall–Kier alpha value is -2.60. The molecule has 108 valence electrons. The zero-order chi connectivity index (χ0) is 15.4. The van der Waals surface area contributed by atoms with Gasteiger partial charge in [-0.3, -0.25) is 9.59 Å². The molecule has 0 unspecified atom stereocenters. The van der Waals surface area contributed by atoms with Gasteiger partial charge in [-0.1, -0.05) is 11.6 Å². The maximum absolute atomic E-state index is 11.8. The highest BCUT2D eigenvalue weighted by molar-refractivity contribution is 6.30. The van der Waals surface area contributed by atoms with Crippen LogP contribution >= 0.6 is 11.6 Å². The summed E-state index contributed by atoms with van der Waals surface area (Å²) < 4.78 is 1.18. The van der Waals surface area contributed by atoms with Crippen LogP contribution in [0.25, 0.3) is 0 Å². The number of anilines is 1. The van der Waals surface area contributed by atoms with Gasteiger partial charge in [-0.25, -0.2) is 4.79 Å². The normalized spacial score (nSPS) is 10.1. The number of pyridine rings is 1. The molecule has 1 aromatic carbocycles. The zero-order valence-corrected chi connectivity index (χ0v) is 11.5. The average Bonchev–Trinajstić information content (AvgIpc) is 2.43. The summed E-state index contributed by atoms with van der Waals surface area (Å²) in [5.74, 6) is -1.46. The number of carboxylic acids is 1. The van der Waals surface area contributed by atoms with Gasteiger partial charge in [0.2, 0.25) is 5.91 Å². The molecule has 2 N–H and O–H groups in total. The lowest BCUT2D eigenvalue weighted by atomic mass is 10.2. The third kappa shape index (κ3) is 3.93. The van der Waals surface area contributed by atoms with Gasteiger partial charge in [0.05, 0.1) is 10.6 Å². The van der Waals surface area contributed by atoms with Crippen molar-refractivity contribution in [3.05, 3.63) is 63.5 Å². The SMILES string of the molecule is O=C(Cn1cc(Cl)ccc1=O)Nc1ccc(C(=O)O)cc1. The first-order chi connectivity index (χ1) is 9.95. The van der Waals surface area contributed by atoms with E-state index >= 15 is 0 Å². The summed E-state index contributed by atoms with van der Waals surface area (Å²) >= 11 is 5.76. The van der Waals surface area contributed by atoms with Crippen molar-refractivity contribution in [2.24, 2.45) is 0 Å². The van der Waals surface area contributed by atoms with Crippen molar-refractivity contribution >= 4 is 29.2 Å². The Morgan fingerprint density at radius 2 is 1.81 bits per heavy atom. The monoisotopic (exact) mass is 306 g/mol. The lowest BCUT2D eigenvalue weighted by Crippen LogP contribution is -2.26. The van der Waals surface area contributed by atoms with Crippen LogP contribution in [-0.4, -0.2) is 21.6 Å². The molecule has 0 saturated carbocycles. The Morgan fingerprint density at radius 3 is 2.43 bits per heavy atom. The largest absolute Gasteiger partial charge is 0.478 e. The molecule has 21 heavy (non-hydrogen) atoms. The van der Waals surface area contributed by atoms with E-state index in [2.05, 4.69) is 5.32 Å². The van der Waals surface area contributed by atoms with Gasteiger partial charge < -0.3 is 15.0 Å². The van der Waals surface area contributed by atoms with E-state index in [4.69, 9.17) is 16.7 Å². The Kier molecular flexibility index (Phi) is 4.39. The van der Waals surface area contributed by atoms with E-state index in [9.17, 15) is 14.4 Å². The van der Waals surface area contributed by atoms with E-state index in [1.807, 2.05) is 0 Å². The van der Waals surface area contributed by atoms with Gasteiger partial charge in [0.1, 0.15) is 6.54 Å². The van der Waals surface area contributed by atoms with Crippen LogP contribution in [0.15, 0.2) is 47.4 Å². The van der Waals surface area contributed by atoms with Crippen molar-refractivity contribution in [3.63, 3.8) is 0 Å². The minimum absolute atomic E-state index is 0.124. The number of hydrogen-bond donors (Lipinski definition) is 2. The summed E-state index contributed by atoms with van der Waals surface area (Å²) in [6.07, 6.45) is 1.37.